The highest BCUT2D eigenvalue weighted by molar-refractivity contribution is 6.62. The van der Waals surface area contributed by atoms with Crippen molar-refractivity contribution >= 4 is 29.2 Å². The Kier molecular flexibility index (Phi) is 2.11. The van der Waals surface area contributed by atoms with Crippen molar-refractivity contribution in [2.75, 3.05) is 5.73 Å². The van der Waals surface area contributed by atoms with E-state index in [1.54, 1.807) is 30.5 Å². The van der Waals surface area contributed by atoms with Crippen LogP contribution in [0.25, 0.3) is 10.8 Å². The molecule has 2 aromatic rings. The van der Waals surface area contributed by atoms with Crippen LogP contribution in [0.15, 0.2) is 30.5 Å². The Hall–Kier alpha value is -1.59. The molecule has 4 nitrogen and oxygen atoms in total. The Morgan fingerprint density at radius 1 is 1.14 bits per heavy atom. The molecule has 14 heavy (non-hydrogen) atoms. The summed E-state index contributed by atoms with van der Waals surface area (Å²) in [4.78, 5) is 3.92. The molecule has 0 fully saturated rings. The van der Waals surface area contributed by atoms with E-state index in [1.807, 2.05) is 0 Å². The number of aromatic nitrogens is 1. The van der Waals surface area contributed by atoms with Gasteiger partial charge in [-0.1, -0.05) is 18.2 Å². The van der Waals surface area contributed by atoms with Crippen LogP contribution in [0.1, 0.15) is 0 Å². The topological polar surface area (TPSA) is 79.4 Å². The third-order valence-corrected chi connectivity index (χ3v) is 2.15. The Balaban J connectivity index is 2.81. The third-order valence-electron chi connectivity index (χ3n) is 2.15. The summed E-state index contributed by atoms with van der Waals surface area (Å²) >= 11 is 0. The molecule has 5 heteroatoms. The summed E-state index contributed by atoms with van der Waals surface area (Å²) in [5.74, 6) is 0.394. The third kappa shape index (κ3) is 1.32. The second-order valence-electron chi connectivity index (χ2n) is 3.01. The number of rotatable bonds is 1. The maximum absolute atomic E-state index is 9.11. The predicted octanol–water partition coefficient (Wildman–Crippen LogP) is -0.503. The van der Waals surface area contributed by atoms with Crippen LogP contribution in [0.4, 0.5) is 5.82 Å². The van der Waals surface area contributed by atoms with Crippen molar-refractivity contribution in [3.63, 3.8) is 0 Å². The van der Waals surface area contributed by atoms with Gasteiger partial charge in [0.2, 0.25) is 0 Å². The Morgan fingerprint density at radius 3 is 2.64 bits per heavy atom. The van der Waals surface area contributed by atoms with Crippen LogP contribution in [0.5, 0.6) is 0 Å². The zero-order chi connectivity index (χ0) is 10.1. The average Bonchev–Trinajstić information content (AvgIpc) is 2.17. The van der Waals surface area contributed by atoms with Gasteiger partial charge < -0.3 is 15.8 Å². The van der Waals surface area contributed by atoms with Crippen molar-refractivity contribution in [2.24, 2.45) is 0 Å². The zero-order valence-electron chi connectivity index (χ0n) is 7.38. The molecule has 0 unspecified atom stereocenters. The minimum absolute atomic E-state index is 0.394. The van der Waals surface area contributed by atoms with Gasteiger partial charge in [-0.15, -0.1) is 0 Å². The van der Waals surface area contributed by atoms with E-state index in [2.05, 4.69) is 4.98 Å². The lowest BCUT2D eigenvalue weighted by molar-refractivity contribution is 0.426. The highest BCUT2D eigenvalue weighted by Crippen LogP contribution is 2.16. The van der Waals surface area contributed by atoms with Crippen molar-refractivity contribution in [2.45, 2.75) is 0 Å². The first-order chi connectivity index (χ1) is 6.70. The van der Waals surface area contributed by atoms with Crippen molar-refractivity contribution in [1.82, 2.24) is 4.98 Å². The fourth-order valence-corrected chi connectivity index (χ4v) is 1.48. The molecular formula is C9H9BN2O2. The molecule has 0 atom stereocenters. The van der Waals surface area contributed by atoms with E-state index < -0.39 is 7.12 Å². The fraction of sp³-hybridized carbons (Fsp3) is 0. The van der Waals surface area contributed by atoms with Crippen LogP contribution in [0.2, 0.25) is 0 Å². The van der Waals surface area contributed by atoms with Gasteiger partial charge in [-0.05, 0) is 16.9 Å². The van der Waals surface area contributed by atoms with Gasteiger partial charge in [0.15, 0.2) is 0 Å². The summed E-state index contributed by atoms with van der Waals surface area (Å²) in [6.45, 7) is 0. The minimum atomic E-state index is -1.49. The molecule has 0 spiro atoms. The van der Waals surface area contributed by atoms with Crippen LogP contribution in [0.3, 0.4) is 0 Å². The first-order valence-electron chi connectivity index (χ1n) is 4.19. The van der Waals surface area contributed by atoms with Crippen LogP contribution < -0.4 is 11.2 Å². The van der Waals surface area contributed by atoms with Gasteiger partial charge >= 0.3 is 7.12 Å². The zero-order valence-corrected chi connectivity index (χ0v) is 7.38. The normalized spacial score (nSPS) is 10.4. The SMILES string of the molecule is Nc1nccc2c(B(O)O)cccc12. The maximum Gasteiger partial charge on any atom is 0.489 e. The van der Waals surface area contributed by atoms with E-state index in [0.29, 0.717) is 11.3 Å². The van der Waals surface area contributed by atoms with Crippen molar-refractivity contribution < 1.29 is 10.0 Å². The van der Waals surface area contributed by atoms with E-state index >= 15 is 0 Å². The molecule has 0 saturated heterocycles. The first kappa shape index (κ1) is 8.99. The summed E-state index contributed by atoms with van der Waals surface area (Å²) in [6.07, 6.45) is 1.55. The standard InChI is InChI=1S/C9H9BN2O2/c11-9-7-2-1-3-8(10(13)14)6(7)4-5-12-9/h1-5,13-14H,(H2,11,12). The number of fused-ring (bicyclic) bond motifs is 1. The van der Waals surface area contributed by atoms with E-state index in [0.717, 1.165) is 10.8 Å². The molecule has 0 aliphatic heterocycles. The lowest BCUT2D eigenvalue weighted by atomic mass is 9.77. The van der Waals surface area contributed by atoms with Gasteiger partial charge in [0.25, 0.3) is 0 Å². The number of pyridine rings is 1. The summed E-state index contributed by atoms with van der Waals surface area (Å²) in [7, 11) is -1.49. The lowest BCUT2D eigenvalue weighted by Crippen LogP contribution is -2.30. The van der Waals surface area contributed by atoms with E-state index in [4.69, 9.17) is 15.8 Å². The number of nitrogen functional groups attached to an aromatic ring is 1. The molecule has 2 rings (SSSR count). The largest absolute Gasteiger partial charge is 0.489 e. The average molecular weight is 188 g/mol. The molecule has 4 N–H and O–H groups in total. The Bertz CT molecular complexity index is 473. The summed E-state index contributed by atoms with van der Waals surface area (Å²) in [6, 6.07) is 6.87. The van der Waals surface area contributed by atoms with Crippen LogP contribution in [-0.2, 0) is 0 Å². The van der Waals surface area contributed by atoms with Gasteiger partial charge in [-0.3, -0.25) is 0 Å². The Labute approximate surface area is 81.2 Å². The molecule has 0 aliphatic rings. The van der Waals surface area contributed by atoms with Gasteiger partial charge in [0.05, 0.1) is 0 Å². The number of nitrogens with two attached hydrogens (primary N) is 1. The minimum Gasteiger partial charge on any atom is -0.423 e. The van der Waals surface area contributed by atoms with Gasteiger partial charge in [0.1, 0.15) is 5.82 Å². The molecule has 0 saturated carbocycles. The number of benzene rings is 1. The number of anilines is 1. The predicted molar refractivity (Wildman–Crippen MR) is 56.0 cm³/mol. The Morgan fingerprint density at radius 2 is 1.93 bits per heavy atom. The second-order valence-corrected chi connectivity index (χ2v) is 3.01. The van der Waals surface area contributed by atoms with Crippen molar-refractivity contribution in [3.8, 4) is 0 Å². The fourth-order valence-electron chi connectivity index (χ4n) is 1.48. The number of hydrogen-bond acceptors (Lipinski definition) is 4. The summed E-state index contributed by atoms with van der Waals surface area (Å²) < 4.78 is 0. The smallest absolute Gasteiger partial charge is 0.423 e. The van der Waals surface area contributed by atoms with Crippen molar-refractivity contribution in [1.29, 1.82) is 0 Å². The van der Waals surface area contributed by atoms with Gasteiger partial charge in [0, 0.05) is 11.6 Å². The number of nitrogens with zero attached hydrogens (tertiary/aromatic N) is 1. The molecule has 1 aromatic heterocycles. The molecule has 70 valence electrons. The monoisotopic (exact) mass is 188 g/mol. The van der Waals surface area contributed by atoms with Crippen molar-refractivity contribution in [3.05, 3.63) is 30.5 Å². The van der Waals surface area contributed by atoms with Crippen LogP contribution in [0, 0.1) is 0 Å². The summed E-state index contributed by atoms with van der Waals surface area (Å²) in [5, 5.41) is 19.7. The second kappa shape index (κ2) is 3.28. The quantitative estimate of drug-likeness (QED) is 0.527. The molecule has 0 bridgehead atoms. The molecule has 0 radical (unpaired) electrons. The highest BCUT2D eigenvalue weighted by atomic mass is 16.4. The molecule has 0 amide bonds. The lowest BCUT2D eigenvalue weighted by Gasteiger charge is -2.05. The van der Waals surface area contributed by atoms with E-state index in [9.17, 15) is 0 Å². The van der Waals surface area contributed by atoms with Crippen LogP contribution >= 0.6 is 0 Å². The molecule has 1 heterocycles. The molecular weight excluding hydrogens is 179 g/mol. The maximum atomic E-state index is 9.11. The highest BCUT2D eigenvalue weighted by Gasteiger charge is 2.14. The van der Waals surface area contributed by atoms with E-state index in [1.165, 1.54) is 0 Å². The molecule has 0 aliphatic carbocycles. The van der Waals surface area contributed by atoms with Crippen LogP contribution in [-0.4, -0.2) is 22.2 Å². The van der Waals surface area contributed by atoms with E-state index in [-0.39, 0.29) is 0 Å². The number of hydrogen-bond donors (Lipinski definition) is 3. The summed E-state index contributed by atoms with van der Waals surface area (Å²) in [5.41, 5.74) is 6.09. The first-order valence-corrected chi connectivity index (χ1v) is 4.19. The van der Waals surface area contributed by atoms with Gasteiger partial charge in [-0.2, -0.15) is 0 Å². The van der Waals surface area contributed by atoms with Gasteiger partial charge in [-0.25, -0.2) is 4.98 Å². The molecule has 1 aromatic carbocycles.